The minimum atomic E-state index is -0.513. The van der Waals surface area contributed by atoms with Gasteiger partial charge in [-0.2, -0.15) is 0 Å². The molecule has 0 amide bonds. The Balaban J connectivity index is 2.11. The highest BCUT2D eigenvalue weighted by molar-refractivity contribution is 6.32. The molecule has 0 aromatic heterocycles. The zero-order chi connectivity index (χ0) is 14.5. The summed E-state index contributed by atoms with van der Waals surface area (Å²) in [4.78, 5) is 10.2. The molecule has 20 heavy (non-hydrogen) atoms. The van der Waals surface area contributed by atoms with Crippen LogP contribution in [0.2, 0.25) is 5.02 Å². The first-order chi connectivity index (χ1) is 9.61. The molecular formula is C14H13ClN2O3. The van der Waals surface area contributed by atoms with Gasteiger partial charge in [0.15, 0.2) is 0 Å². The van der Waals surface area contributed by atoms with Gasteiger partial charge in [-0.15, -0.1) is 0 Å². The second kappa shape index (κ2) is 6.36. The van der Waals surface area contributed by atoms with Crippen molar-refractivity contribution in [1.29, 1.82) is 0 Å². The van der Waals surface area contributed by atoms with E-state index < -0.39 is 4.92 Å². The normalized spacial score (nSPS) is 10.3. The quantitative estimate of drug-likeness (QED) is 0.654. The second-order valence-corrected chi connectivity index (χ2v) is 4.62. The number of hydrogen-bond acceptors (Lipinski definition) is 4. The van der Waals surface area contributed by atoms with Crippen LogP contribution in [0.1, 0.15) is 11.1 Å². The summed E-state index contributed by atoms with van der Waals surface area (Å²) in [5.74, 6) is 0. The first-order valence-corrected chi connectivity index (χ1v) is 6.35. The lowest BCUT2D eigenvalue weighted by Gasteiger charge is -2.10. The summed E-state index contributed by atoms with van der Waals surface area (Å²) in [5.41, 5.74) is 2.34. The number of aliphatic hydroxyl groups is 1. The van der Waals surface area contributed by atoms with Crippen LogP contribution >= 0.6 is 11.6 Å². The molecule has 0 heterocycles. The summed E-state index contributed by atoms with van der Waals surface area (Å²) in [5, 5.41) is 23.2. The summed E-state index contributed by atoms with van der Waals surface area (Å²) in [6.45, 7) is 0.416. The van der Waals surface area contributed by atoms with Gasteiger partial charge in [-0.05, 0) is 17.7 Å². The third kappa shape index (κ3) is 3.26. The lowest BCUT2D eigenvalue weighted by molar-refractivity contribution is -0.384. The van der Waals surface area contributed by atoms with Crippen molar-refractivity contribution >= 4 is 23.0 Å². The predicted molar refractivity (Wildman–Crippen MR) is 77.8 cm³/mol. The van der Waals surface area contributed by atoms with Gasteiger partial charge in [-0.25, -0.2) is 0 Å². The van der Waals surface area contributed by atoms with Crippen LogP contribution in [0.3, 0.4) is 0 Å². The van der Waals surface area contributed by atoms with Crippen LogP contribution in [-0.4, -0.2) is 10.0 Å². The average molecular weight is 293 g/mol. The second-order valence-electron chi connectivity index (χ2n) is 4.21. The van der Waals surface area contributed by atoms with Crippen LogP contribution < -0.4 is 5.32 Å². The molecule has 104 valence electrons. The van der Waals surface area contributed by atoms with Gasteiger partial charge >= 0.3 is 0 Å². The number of nitrogens with one attached hydrogen (secondary N) is 1. The molecule has 0 saturated carbocycles. The lowest BCUT2D eigenvalue weighted by Crippen LogP contribution is -2.02. The molecule has 0 atom stereocenters. The largest absolute Gasteiger partial charge is 0.392 e. The Morgan fingerprint density at radius 2 is 2.00 bits per heavy atom. The Hall–Kier alpha value is -2.11. The standard InChI is InChI=1S/C14H13ClN2O3/c15-12-7-10(5-6-14(12)17(19)20)8-16-13-4-2-1-3-11(13)9-18/h1-7,16,18H,8-9H2. The van der Waals surface area contributed by atoms with Crippen molar-refractivity contribution < 1.29 is 10.0 Å². The molecule has 0 unspecified atom stereocenters. The van der Waals surface area contributed by atoms with Crippen molar-refractivity contribution in [3.8, 4) is 0 Å². The monoisotopic (exact) mass is 292 g/mol. The van der Waals surface area contributed by atoms with E-state index in [4.69, 9.17) is 11.6 Å². The number of nitro benzene ring substituents is 1. The molecule has 0 aliphatic carbocycles. The molecule has 2 aromatic rings. The summed E-state index contributed by atoms with van der Waals surface area (Å²) >= 11 is 5.86. The van der Waals surface area contributed by atoms with Crippen LogP contribution in [0.15, 0.2) is 42.5 Å². The Morgan fingerprint density at radius 1 is 1.25 bits per heavy atom. The summed E-state index contributed by atoms with van der Waals surface area (Å²) in [7, 11) is 0. The zero-order valence-corrected chi connectivity index (χ0v) is 11.3. The zero-order valence-electron chi connectivity index (χ0n) is 10.5. The topological polar surface area (TPSA) is 75.4 Å². The highest BCUT2D eigenvalue weighted by Gasteiger charge is 2.12. The number of nitrogens with zero attached hydrogens (tertiary/aromatic N) is 1. The van der Waals surface area contributed by atoms with Crippen molar-refractivity contribution in [2.45, 2.75) is 13.2 Å². The first-order valence-electron chi connectivity index (χ1n) is 5.97. The van der Waals surface area contributed by atoms with Crippen molar-refractivity contribution in [3.63, 3.8) is 0 Å². The number of halogens is 1. The summed E-state index contributed by atoms with van der Waals surface area (Å²) in [6, 6.07) is 12.0. The molecule has 0 fully saturated rings. The van der Waals surface area contributed by atoms with E-state index in [-0.39, 0.29) is 17.3 Å². The van der Waals surface area contributed by atoms with Crippen LogP contribution in [0.25, 0.3) is 0 Å². The van der Waals surface area contributed by atoms with E-state index in [9.17, 15) is 15.2 Å². The van der Waals surface area contributed by atoms with E-state index in [1.165, 1.54) is 6.07 Å². The van der Waals surface area contributed by atoms with E-state index in [1.54, 1.807) is 12.1 Å². The lowest BCUT2D eigenvalue weighted by atomic mass is 10.1. The van der Waals surface area contributed by atoms with Gasteiger partial charge in [-0.1, -0.05) is 35.9 Å². The molecule has 0 aliphatic heterocycles. The summed E-state index contributed by atoms with van der Waals surface area (Å²) in [6.07, 6.45) is 0. The number of nitro groups is 1. The smallest absolute Gasteiger partial charge is 0.287 e. The number of hydrogen-bond donors (Lipinski definition) is 2. The Labute approximate surface area is 121 Å². The van der Waals surface area contributed by atoms with E-state index in [1.807, 2.05) is 24.3 Å². The molecule has 6 heteroatoms. The van der Waals surface area contributed by atoms with Gasteiger partial charge in [0.2, 0.25) is 0 Å². The molecule has 5 nitrogen and oxygen atoms in total. The molecular weight excluding hydrogens is 280 g/mol. The number of rotatable bonds is 5. The molecule has 0 radical (unpaired) electrons. The maximum Gasteiger partial charge on any atom is 0.287 e. The summed E-state index contributed by atoms with van der Waals surface area (Å²) < 4.78 is 0. The van der Waals surface area contributed by atoms with Gasteiger partial charge in [0, 0.05) is 23.9 Å². The van der Waals surface area contributed by atoms with Gasteiger partial charge in [0.1, 0.15) is 5.02 Å². The van der Waals surface area contributed by atoms with Crippen LogP contribution in [0.4, 0.5) is 11.4 Å². The molecule has 0 bridgehead atoms. The van der Waals surface area contributed by atoms with Gasteiger partial charge < -0.3 is 10.4 Å². The van der Waals surface area contributed by atoms with Crippen LogP contribution in [0, 0.1) is 10.1 Å². The minimum absolute atomic E-state index is 0.0514. The maximum absolute atomic E-state index is 10.7. The SMILES string of the molecule is O=[N+]([O-])c1ccc(CNc2ccccc2CO)cc1Cl. The third-order valence-electron chi connectivity index (χ3n) is 2.88. The van der Waals surface area contributed by atoms with E-state index in [2.05, 4.69) is 5.32 Å². The Kier molecular flexibility index (Phi) is 4.55. The number of benzene rings is 2. The van der Waals surface area contributed by atoms with E-state index in [0.717, 1.165) is 16.8 Å². The molecule has 0 spiro atoms. The van der Waals surface area contributed by atoms with Gasteiger partial charge in [0.25, 0.3) is 5.69 Å². The van der Waals surface area contributed by atoms with E-state index >= 15 is 0 Å². The van der Waals surface area contributed by atoms with Gasteiger partial charge in [-0.3, -0.25) is 10.1 Å². The van der Waals surface area contributed by atoms with Crippen LogP contribution in [0.5, 0.6) is 0 Å². The highest BCUT2D eigenvalue weighted by atomic mass is 35.5. The van der Waals surface area contributed by atoms with Gasteiger partial charge in [0.05, 0.1) is 11.5 Å². The number of aliphatic hydroxyl groups excluding tert-OH is 1. The van der Waals surface area contributed by atoms with Crippen molar-refractivity contribution in [2.24, 2.45) is 0 Å². The highest BCUT2D eigenvalue weighted by Crippen LogP contribution is 2.25. The fourth-order valence-electron chi connectivity index (χ4n) is 1.84. The molecule has 0 saturated heterocycles. The van der Waals surface area contributed by atoms with Crippen LogP contribution in [-0.2, 0) is 13.2 Å². The first kappa shape index (κ1) is 14.3. The average Bonchev–Trinajstić information content (AvgIpc) is 2.45. The molecule has 2 rings (SSSR count). The maximum atomic E-state index is 10.7. The predicted octanol–water partition coefficient (Wildman–Crippen LogP) is 3.35. The molecule has 0 aliphatic rings. The van der Waals surface area contributed by atoms with E-state index in [0.29, 0.717) is 6.54 Å². The number of para-hydroxylation sites is 1. The Bertz CT molecular complexity index is 632. The molecule has 2 N–H and O–H groups in total. The molecule has 2 aromatic carbocycles. The fourth-order valence-corrected chi connectivity index (χ4v) is 2.11. The minimum Gasteiger partial charge on any atom is -0.392 e. The van der Waals surface area contributed by atoms with Crippen molar-refractivity contribution in [3.05, 3.63) is 68.7 Å². The van der Waals surface area contributed by atoms with Crippen molar-refractivity contribution in [1.82, 2.24) is 0 Å². The van der Waals surface area contributed by atoms with Crippen molar-refractivity contribution in [2.75, 3.05) is 5.32 Å². The number of anilines is 1. The Morgan fingerprint density at radius 3 is 2.65 bits per heavy atom. The fraction of sp³-hybridized carbons (Fsp3) is 0.143. The third-order valence-corrected chi connectivity index (χ3v) is 3.18.